The fourth-order valence-corrected chi connectivity index (χ4v) is 1.34. The Morgan fingerprint density at radius 2 is 1.94 bits per heavy atom. The summed E-state index contributed by atoms with van der Waals surface area (Å²) in [6, 6.07) is 5.63. The number of hydrogen-bond donors (Lipinski definition) is 1. The van der Waals surface area contributed by atoms with Gasteiger partial charge in [0.15, 0.2) is 0 Å². The zero-order valence-electron chi connectivity index (χ0n) is 10.8. The summed E-state index contributed by atoms with van der Waals surface area (Å²) in [7, 11) is 0. The maximum Gasteiger partial charge on any atom is 0.330 e. The van der Waals surface area contributed by atoms with Gasteiger partial charge in [0.05, 0.1) is 6.61 Å². The van der Waals surface area contributed by atoms with Crippen molar-refractivity contribution in [2.45, 2.75) is 20.8 Å². The molecule has 1 rings (SSSR count). The topological polar surface area (TPSA) is 55.4 Å². The lowest BCUT2D eigenvalue weighted by Crippen LogP contribution is -2.09. The predicted molar refractivity (Wildman–Crippen MR) is 70.3 cm³/mol. The molecule has 4 heteroatoms. The number of nitrogens with one attached hydrogen (secondary N) is 1. The molecule has 0 aromatic heterocycles. The summed E-state index contributed by atoms with van der Waals surface area (Å²) in [5, 5.41) is 2.67. The average molecular weight is 247 g/mol. The Balaban J connectivity index is 2.59. The van der Waals surface area contributed by atoms with Crippen molar-refractivity contribution in [1.29, 1.82) is 0 Å². The lowest BCUT2D eigenvalue weighted by atomic mass is 10.1. The van der Waals surface area contributed by atoms with Crippen LogP contribution in [-0.4, -0.2) is 18.5 Å². The van der Waals surface area contributed by atoms with Crippen LogP contribution in [0.25, 0.3) is 0 Å². The molecule has 1 amide bonds. The van der Waals surface area contributed by atoms with Crippen molar-refractivity contribution in [2.24, 2.45) is 0 Å². The van der Waals surface area contributed by atoms with Crippen molar-refractivity contribution < 1.29 is 14.3 Å². The minimum absolute atomic E-state index is 0.294. The molecular formula is C14H17NO3. The lowest BCUT2D eigenvalue weighted by molar-refractivity contribution is -0.137. The first-order chi connectivity index (χ1) is 8.52. The summed E-state index contributed by atoms with van der Waals surface area (Å²) in [6.07, 6.45) is 2.27. The second-order valence-corrected chi connectivity index (χ2v) is 3.87. The molecule has 0 aliphatic carbocycles. The molecule has 0 saturated carbocycles. The average Bonchev–Trinajstić information content (AvgIpc) is 2.32. The largest absolute Gasteiger partial charge is 0.463 e. The van der Waals surface area contributed by atoms with Crippen LogP contribution in [0.1, 0.15) is 18.1 Å². The smallest absolute Gasteiger partial charge is 0.330 e. The van der Waals surface area contributed by atoms with Gasteiger partial charge in [-0.05, 0) is 44.0 Å². The van der Waals surface area contributed by atoms with E-state index in [0.29, 0.717) is 12.3 Å². The zero-order valence-corrected chi connectivity index (χ0v) is 10.8. The van der Waals surface area contributed by atoms with Crippen molar-refractivity contribution in [3.05, 3.63) is 41.5 Å². The third-order valence-electron chi connectivity index (χ3n) is 2.43. The summed E-state index contributed by atoms with van der Waals surface area (Å²) < 4.78 is 4.67. The third kappa shape index (κ3) is 4.41. The molecule has 0 heterocycles. The number of amides is 1. The highest BCUT2D eigenvalue weighted by Gasteiger charge is 2.01. The molecule has 1 aromatic carbocycles. The first-order valence-electron chi connectivity index (χ1n) is 5.76. The van der Waals surface area contributed by atoms with E-state index in [-0.39, 0.29) is 5.91 Å². The van der Waals surface area contributed by atoms with Crippen molar-refractivity contribution >= 4 is 17.6 Å². The standard InChI is InChI=1S/C14H17NO3/c1-4-18-14(17)8-7-13(16)15-12-6-5-10(2)11(3)9-12/h5-9H,4H2,1-3H3,(H,15,16)/b8-7+. The van der Waals surface area contributed by atoms with E-state index in [1.807, 2.05) is 32.0 Å². The Morgan fingerprint density at radius 3 is 2.56 bits per heavy atom. The second-order valence-electron chi connectivity index (χ2n) is 3.87. The van der Waals surface area contributed by atoms with Crippen molar-refractivity contribution in [3.63, 3.8) is 0 Å². The molecule has 96 valence electrons. The molecule has 0 aliphatic heterocycles. The van der Waals surface area contributed by atoms with Gasteiger partial charge in [0.25, 0.3) is 0 Å². The van der Waals surface area contributed by atoms with E-state index >= 15 is 0 Å². The number of hydrogen-bond acceptors (Lipinski definition) is 3. The highest BCUT2D eigenvalue weighted by molar-refractivity contribution is 6.02. The zero-order chi connectivity index (χ0) is 13.5. The van der Waals surface area contributed by atoms with Crippen LogP contribution in [0, 0.1) is 13.8 Å². The van der Waals surface area contributed by atoms with E-state index in [1.54, 1.807) is 6.92 Å². The summed E-state index contributed by atoms with van der Waals surface area (Å²) in [6.45, 7) is 5.98. The molecular weight excluding hydrogens is 230 g/mol. The van der Waals surface area contributed by atoms with Gasteiger partial charge in [-0.15, -0.1) is 0 Å². The molecule has 0 unspecified atom stereocenters. The number of carbonyl (C=O) groups excluding carboxylic acids is 2. The van der Waals surface area contributed by atoms with Gasteiger partial charge in [-0.25, -0.2) is 4.79 Å². The van der Waals surface area contributed by atoms with E-state index in [9.17, 15) is 9.59 Å². The van der Waals surface area contributed by atoms with Gasteiger partial charge in [-0.3, -0.25) is 4.79 Å². The van der Waals surface area contributed by atoms with Gasteiger partial charge < -0.3 is 10.1 Å². The van der Waals surface area contributed by atoms with Gasteiger partial charge >= 0.3 is 5.97 Å². The van der Waals surface area contributed by atoms with Crippen molar-refractivity contribution in [1.82, 2.24) is 0 Å². The molecule has 0 spiro atoms. The van der Waals surface area contributed by atoms with E-state index < -0.39 is 5.97 Å². The molecule has 4 nitrogen and oxygen atoms in total. The fourth-order valence-electron chi connectivity index (χ4n) is 1.34. The van der Waals surface area contributed by atoms with Crippen LogP contribution in [0.2, 0.25) is 0 Å². The Bertz CT molecular complexity index is 478. The molecule has 0 saturated heterocycles. The fraction of sp³-hybridized carbons (Fsp3) is 0.286. The van der Waals surface area contributed by atoms with Crippen molar-refractivity contribution in [3.8, 4) is 0 Å². The maximum atomic E-state index is 11.5. The first kappa shape index (κ1) is 14.0. The van der Waals surface area contributed by atoms with Crippen LogP contribution in [-0.2, 0) is 14.3 Å². The third-order valence-corrected chi connectivity index (χ3v) is 2.43. The minimum Gasteiger partial charge on any atom is -0.463 e. The maximum absolute atomic E-state index is 11.5. The number of aryl methyl sites for hydroxylation is 2. The Hall–Kier alpha value is -2.10. The van der Waals surface area contributed by atoms with Crippen LogP contribution in [0.3, 0.4) is 0 Å². The molecule has 0 atom stereocenters. The van der Waals surface area contributed by atoms with E-state index in [0.717, 1.165) is 23.3 Å². The normalized spacial score (nSPS) is 10.4. The van der Waals surface area contributed by atoms with Gasteiger partial charge in [0, 0.05) is 17.8 Å². The number of benzene rings is 1. The Kier molecular flexibility index (Phi) is 5.11. The second kappa shape index (κ2) is 6.59. The number of carbonyl (C=O) groups is 2. The number of ether oxygens (including phenoxy) is 1. The molecule has 1 N–H and O–H groups in total. The molecule has 0 radical (unpaired) electrons. The van der Waals surface area contributed by atoms with Crippen LogP contribution in [0.4, 0.5) is 5.69 Å². The Morgan fingerprint density at radius 1 is 1.22 bits per heavy atom. The van der Waals surface area contributed by atoms with Crippen LogP contribution < -0.4 is 5.32 Å². The van der Waals surface area contributed by atoms with Gasteiger partial charge in [0.1, 0.15) is 0 Å². The SMILES string of the molecule is CCOC(=O)/C=C/C(=O)Nc1ccc(C)c(C)c1. The quantitative estimate of drug-likeness (QED) is 0.656. The van der Waals surface area contributed by atoms with Crippen LogP contribution in [0.15, 0.2) is 30.4 Å². The van der Waals surface area contributed by atoms with Gasteiger partial charge in [0.2, 0.25) is 5.91 Å². The summed E-state index contributed by atoms with van der Waals surface area (Å²) in [5.74, 6) is -0.876. The van der Waals surface area contributed by atoms with Crippen LogP contribution >= 0.6 is 0 Å². The highest BCUT2D eigenvalue weighted by atomic mass is 16.5. The lowest BCUT2D eigenvalue weighted by Gasteiger charge is -2.05. The minimum atomic E-state index is -0.521. The number of anilines is 1. The summed E-state index contributed by atoms with van der Waals surface area (Å²) in [4.78, 5) is 22.5. The molecule has 0 fully saturated rings. The number of esters is 1. The monoisotopic (exact) mass is 247 g/mol. The van der Waals surface area contributed by atoms with E-state index in [2.05, 4.69) is 10.1 Å². The highest BCUT2D eigenvalue weighted by Crippen LogP contribution is 2.13. The van der Waals surface area contributed by atoms with Gasteiger partial charge in [-0.1, -0.05) is 6.07 Å². The summed E-state index contributed by atoms with van der Waals surface area (Å²) >= 11 is 0. The number of rotatable bonds is 4. The Labute approximate surface area is 107 Å². The predicted octanol–water partition coefficient (Wildman–Crippen LogP) is 2.36. The van der Waals surface area contributed by atoms with E-state index in [1.165, 1.54) is 0 Å². The van der Waals surface area contributed by atoms with Gasteiger partial charge in [-0.2, -0.15) is 0 Å². The molecule has 18 heavy (non-hydrogen) atoms. The first-order valence-corrected chi connectivity index (χ1v) is 5.76. The molecule has 0 bridgehead atoms. The van der Waals surface area contributed by atoms with Crippen molar-refractivity contribution in [2.75, 3.05) is 11.9 Å². The van der Waals surface area contributed by atoms with E-state index in [4.69, 9.17) is 0 Å². The summed E-state index contributed by atoms with van der Waals surface area (Å²) in [5.41, 5.74) is 2.97. The van der Waals surface area contributed by atoms with Crippen LogP contribution in [0.5, 0.6) is 0 Å². The molecule has 1 aromatic rings. The molecule has 0 aliphatic rings.